The van der Waals surface area contributed by atoms with Crippen molar-refractivity contribution in [3.8, 4) is 17.2 Å². The Kier molecular flexibility index (Phi) is 5.29. The van der Waals surface area contributed by atoms with E-state index in [-0.39, 0.29) is 5.91 Å². The number of ether oxygens (including phenoxy) is 1. The van der Waals surface area contributed by atoms with Gasteiger partial charge in [-0.05, 0) is 12.1 Å². The summed E-state index contributed by atoms with van der Waals surface area (Å²) in [4.78, 5) is 13.8. The molecule has 0 spiro atoms. The van der Waals surface area contributed by atoms with Crippen molar-refractivity contribution in [2.24, 2.45) is 0 Å². The molecule has 0 saturated carbocycles. The molecule has 1 unspecified atom stereocenters. The van der Waals surface area contributed by atoms with Crippen molar-refractivity contribution < 1.29 is 14.6 Å². The lowest BCUT2D eigenvalue weighted by molar-refractivity contribution is -0.168. The molecule has 1 fully saturated rings. The molecule has 0 radical (unpaired) electrons. The smallest absolute Gasteiger partial charge is 0.266 e. The third kappa shape index (κ3) is 4.24. The molecule has 1 aromatic carbocycles. The number of carbonyl (C=O) groups excluding carboxylic acids is 1. The van der Waals surface area contributed by atoms with Crippen molar-refractivity contribution in [3.63, 3.8) is 0 Å². The molecule has 1 saturated heterocycles. The molecule has 1 aromatic rings. The number of rotatable bonds is 5. The number of hydrogen-bond donors (Lipinski definition) is 1. The van der Waals surface area contributed by atoms with Gasteiger partial charge in [-0.15, -0.1) is 12.1 Å². The van der Waals surface area contributed by atoms with Gasteiger partial charge in [0, 0.05) is 6.54 Å². The number of likely N-dealkylation sites (tertiary alicyclic amines) is 1. The minimum absolute atomic E-state index is 0.146. The topological polar surface area (TPSA) is 49.8 Å². The SMILES string of the molecule is C=CCN1C(=O)[C@H](Oc2ccccc2)[C@@H]1C(O)C#C[Si](C)(C)C. The minimum Gasteiger partial charge on any atom is -0.478 e. The quantitative estimate of drug-likeness (QED) is 0.389. The molecule has 1 aliphatic rings. The van der Waals surface area contributed by atoms with Crippen LogP contribution >= 0.6 is 0 Å². The number of para-hydroxylation sites is 1. The van der Waals surface area contributed by atoms with E-state index in [1.165, 1.54) is 0 Å². The third-order valence-electron chi connectivity index (χ3n) is 3.45. The average Bonchev–Trinajstić information content (AvgIpc) is 2.51. The van der Waals surface area contributed by atoms with Gasteiger partial charge in [0.2, 0.25) is 6.10 Å². The molecule has 3 atom stereocenters. The summed E-state index contributed by atoms with van der Waals surface area (Å²) >= 11 is 0. The highest BCUT2D eigenvalue weighted by Crippen LogP contribution is 2.27. The maximum atomic E-state index is 12.3. The first-order chi connectivity index (χ1) is 10.8. The van der Waals surface area contributed by atoms with Gasteiger partial charge in [0.1, 0.15) is 26.0 Å². The largest absolute Gasteiger partial charge is 0.478 e. The molecule has 1 amide bonds. The normalized spacial score (nSPS) is 21.7. The average molecular weight is 329 g/mol. The van der Waals surface area contributed by atoms with Crippen LogP contribution in [0.2, 0.25) is 19.6 Å². The van der Waals surface area contributed by atoms with Gasteiger partial charge in [-0.2, -0.15) is 0 Å². The van der Waals surface area contributed by atoms with Crippen LogP contribution in [0, 0.1) is 11.5 Å². The fraction of sp³-hybridized carbons (Fsp3) is 0.389. The molecule has 0 aromatic heterocycles. The zero-order chi connectivity index (χ0) is 17.0. The predicted molar refractivity (Wildman–Crippen MR) is 93.7 cm³/mol. The zero-order valence-electron chi connectivity index (χ0n) is 13.8. The Labute approximate surface area is 138 Å². The second kappa shape index (κ2) is 7.03. The van der Waals surface area contributed by atoms with Crippen molar-refractivity contribution in [1.82, 2.24) is 4.90 Å². The van der Waals surface area contributed by atoms with Crippen LogP contribution in [0.3, 0.4) is 0 Å². The highest BCUT2D eigenvalue weighted by molar-refractivity contribution is 6.83. The van der Waals surface area contributed by atoms with Crippen LogP contribution in [0.1, 0.15) is 0 Å². The maximum Gasteiger partial charge on any atom is 0.266 e. The lowest BCUT2D eigenvalue weighted by Gasteiger charge is -2.47. The molecular weight excluding hydrogens is 306 g/mol. The van der Waals surface area contributed by atoms with E-state index in [1.807, 2.05) is 18.2 Å². The van der Waals surface area contributed by atoms with Gasteiger partial charge in [0.25, 0.3) is 5.91 Å². The monoisotopic (exact) mass is 329 g/mol. The first-order valence-corrected chi connectivity index (χ1v) is 11.2. The molecule has 0 bridgehead atoms. The lowest BCUT2D eigenvalue weighted by atomic mass is 9.92. The van der Waals surface area contributed by atoms with Gasteiger partial charge in [-0.1, -0.05) is 49.8 Å². The number of aliphatic hydroxyl groups is 1. The second-order valence-corrected chi connectivity index (χ2v) is 11.3. The Bertz CT molecular complexity index is 627. The fourth-order valence-electron chi connectivity index (χ4n) is 2.37. The number of amides is 1. The van der Waals surface area contributed by atoms with Crippen LogP contribution < -0.4 is 4.74 Å². The molecule has 1 N–H and O–H groups in total. The number of aliphatic hydroxyl groups excluding tert-OH is 1. The number of benzene rings is 1. The van der Waals surface area contributed by atoms with Crippen LogP contribution in [-0.4, -0.2) is 48.8 Å². The molecule has 4 nitrogen and oxygen atoms in total. The Morgan fingerprint density at radius 1 is 1.39 bits per heavy atom. The van der Waals surface area contributed by atoms with Crippen molar-refractivity contribution >= 4 is 14.0 Å². The van der Waals surface area contributed by atoms with Crippen LogP contribution in [-0.2, 0) is 4.79 Å². The third-order valence-corrected chi connectivity index (χ3v) is 4.34. The zero-order valence-corrected chi connectivity index (χ0v) is 14.8. The molecule has 1 heterocycles. The molecule has 0 aliphatic carbocycles. The summed E-state index contributed by atoms with van der Waals surface area (Å²) in [5.74, 6) is 3.37. The van der Waals surface area contributed by atoms with E-state index in [4.69, 9.17) is 4.74 Å². The van der Waals surface area contributed by atoms with Crippen LogP contribution in [0.4, 0.5) is 0 Å². The summed E-state index contributed by atoms with van der Waals surface area (Å²) < 4.78 is 5.76. The first kappa shape index (κ1) is 17.3. The van der Waals surface area contributed by atoms with Crippen molar-refractivity contribution in [2.75, 3.05) is 6.54 Å². The number of carbonyl (C=O) groups is 1. The van der Waals surface area contributed by atoms with E-state index < -0.39 is 26.3 Å². The molecular formula is C18H23NO3Si. The van der Waals surface area contributed by atoms with E-state index in [0.29, 0.717) is 12.3 Å². The van der Waals surface area contributed by atoms with E-state index in [2.05, 4.69) is 37.7 Å². The highest BCUT2D eigenvalue weighted by atomic mass is 28.3. The van der Waals surface area contributed by atoms with Crippen molar-refractivity contribution in [1.29, 1.82) is 0 Å². The second-order valence-electron chi connectivity index (χ2n) is 6.59. The van der Waals surface area contributed by atoms with Crippen molar-refractivity contribution in [3.05, 3.63) is 43.0 Å². The van der Waals surface area contributed by atoms with Crippen LogP contribution in [0.5, 0.6) is 5.75 Å². The molecule has 23 heavy (non-hydrogen) atoms. The van der Waals surface area contributed by atoms with Crippen molar-refractivity contribution in [2.45, 2.75) is 37.9 Å². The summed E-state index contributed by atoms with van der Waals surface area (Å²) in [6.07, 6.45) is 0.0128. The molecule has 122 valence electrons. The summed E-state index contributed by atoms with van der Waals surface area (Å²) in [7, 11) is -1.59. The molecule has 5 heteroatoms. The minimum atomic E-state index is -1.59. The maximum absolute atomic E-state index is 12.3. The standard InChI is InChI=1S/C18H23NO3Si/c1-5-12-19-16(15(20)11-13-23(2,3)4)17(18(19)21)22-14-9-7-6-8-10-14/h5-10,15-17,20H,1,12H2,2-4H3/t15?,16-,17+/m0/s1. The van der Waals surface area contributed by atoms with Gasteiger partial charge in [0.05, 0.1) is 0 Å². The van der Waals surface area contributed by atoms with Gasteiger partial charge in [-0.3, -0.25) is 4.79 Å². The first-order valence-electron chi connectivity index (χ1n) is 7.67. The Balaban J connectivity index is 2.17. The Morgan fingerprint density at radius 3 is 2.61 bits per heavy atom. The summed E-state index contributed by atoms with van der Waals surface area (Å²) in [5, 5.41) is 10.4. The van der Waals surface area contributed by atoms with E-state index in [1.54, 1.807) is 23.1 Å². The highest BCUT2D eigenvalue weighted by Gasteiger charge is 2.52. The van der Waals surface area contributed by atoms with E-state index >= 15 is 0 Å². The number of β-lactam (4-membered cyclic amide) rings is 1. The van der Waals surface area contributed by atoms with E-state index in [9.17, 15) is 9.90 Å². The lowest BCUT2D eigenvalue weighted by Crippen LogP contribution is -2.70. The summed E-state index contributed by atoms with van der Waals surface area (Å²) in [6.45, 7) is 10.4. The van der Waals surface area contributed by atoms with E-state index in [0.717, 1.165) is 0 Å². The summed E-state index contributed by atoms with van der Waals surface area (Å²) in [6, 6.07) is 8.68. The summed E-state index contributed by atoms with van der Waals surface area (Å²) in [5.41, 5.74) is 3.15. The Morgan fingerprint density at radius 2 is 2.04 bits per heavy atom. The fourth-order valence-corrected chi connectivity index (χ4v) is 2.95. The Hall–Kier alpha value is -2.03. The van der Waals surface area contributed by atoms with Gasteiger partial charge in [0.15, 0.2) is 0 Å². The van der Waals surface area contributed by atoms with Gasteiger partial charge < -0.3 is 14.7 Å². The van der Waals surface area contributed by atoms with Crippen LogP contribution in [0.15, 0.2) is 43.0 Å². The van der Waals surface area contributed by atoms with Gasteiger partial charge >= 0.3 is 0 Å². The predicted octanol–water partition coefficient (Wildman–Crippen LogP) is 2.07. The van der Waals surface area contributed by atoms with Gasteiger partial charge in [-0.25, -0.2) is 0 Å². The van der Waals surface area contributed by atoms with Crippen LogP contribution in [0.25, 0.3) is 0 Å². The number of nitrogens with zero attached hydrogens (tertiary/aromatic N) is 1. The molecule has 2 rings (SSSR count). The number of hydrogen-bond acceptors (Lipinski definition) is 3. The molecule has 1 aliphatic heterocycles.